The summed E-state index contributed by atoms with van der Waals surface area (Å²) in [6.07, 6.45) is 2.14. The second-order valence-corrected chi connectivity index (χ2v) is 3.75. The predicted octanol–water partition coefficient (Wildman–Crippen LogP) is 0.0449. The van der Waals surface area contributed by atoms with E-state index in [1.54, 1.807) is 0 Å². The van der Waals surface area contributed by atoms with Gasteiger partial charge in [0.05, 0.1) is 5.35 Å². The number of aromatic nitrogens is 2. The largest absolute Gasteiger partial charge is 0.383 e. The Morgan fingerprint density at radius 1 is 1.46 bits per heavy atom. The predicted molar refractivity (Wildman–Crippen MR) is 53.5 cm³/mol. The van der Waals surface area contributed by atoms with Crippen molar-refractivity contribution in [2.75, 3.05) is 6.54 Å². The minimum absolute atomic E-state index is 0.465. The van der Waals surface area contributed by atoms with Gasteiger partial charge >= 0.3 is 0 Å². The van der Waals surface area contributed by atoms with Crippen LogP contribution in [0, 0.1) is 0 Å². The quantitative estimate of drug-likeness (QED) is 0.636. The number of H-pyrrole nitrogens is 1. The zero-order chi connectivity index (χ0) is 9.42. The average molecular weight is 177 g/mol. The Hall–Kier alpha value is -1.25. The number of rotatable bonds is 1. The molecule has 0 amide bonds. The molecule has 1 aromatic heterocycles. The third-order valence-corrected chi connectivity index (χ3v) is 2.33. The Balaban J connectivity index is 2.68. The lowest BCUT2D eigenvalue weighted by atomic mass is 10.2. The van der Waals surface area contributed by atoms with Crippen molar-refractivity contribution >= 4 is 11.8 Å². The number of hydrogen-bond donors (Lipinski definition) is 2. The van der Waals surface area contributed by atoms with Gasteiger partial charge in [0.15, 0.2) is 0 Å². The number of nitrogens with one attached hydrogen (secondary N) is 2. The summed E-state index contributed by atoms with van der Waals surface area (Å²) in [5.41, 5.74) is 1.17. The maximum absolute atomic E-state index is 4.54. The van der Waals surface area contributed by atoms with E-state index in [0.29, 0.717) is 5.92 Å². The summed E-state index contributed by atoms with van der Waals surface area (Å²) >= 11 is 0. The lowest BCUT2D eigenvalue weighted by Crippen LogP contribution is -2.36. The normalized spacial score (nSPS) is 15.2. The van der Waals surface area contributed by atoms with Gasteiger partial charge in [0.25, 0.3) is 0 Å². The van der Waals surface area contributed by atoms with E-state index in [1.807, 2.05) is 0 Å². The Labute approximate surface area is 77.6 Å². The van der Waals surface area contributed by atoms with Crippen LogP contribution in [0.2, 0.25) is 0 Å². The van der Waals surface area contributed by atoms with Crippen molar-refractivity contribution in [3.63, 3.8) is 0 Å². The van der Waals surface area contributed by atoms with E-state index in [9.17, 15) is 0 Å². The van der Waals surface area contributed by atoms with Gasteiger partial charge in [-0.15, -0.1) is 0 Å². The van der Waals surface area contributed by atoms with Crippen LogP contribution in [0.15, 0.2) is 0 Å². The second-order valence-electron chi connectivity index (χ2n) is 3.75. The first-order chi connectivity index (χ1) is 6.18. The van der Waals surface area contributed by atoms with Crippen LogP contribution in [0.3, 0.4) is 0 Å². The van der Waals surface area contributed by atoms with Crippen molar-refractivity contribution in [1.82, 2.24) is 15.3 Å². The molecule has 0 saturated heterocycles. The molecule has 1 aromatic rings. The van der Waals surface area contributed by atoms with Crippen LogP contribution in [0.25, 0.3) is 11.8 Å². The Morgan fingerprint density at radius 3 is 2.85 bits per heavy atom. The average Bonchev–Trinajstić information content (AvgIpc) is 2.49. The maximum atomic E-state index is 4.54. The van der Waals surface area contributed by atoms with Crippen molar-refractivity contribution in [2.45, 2.75) is 26.7 Å². The molecular formula is C10H15N3. The highest BCUT2D eigenvalue weighted by Gasteiger charge is 2.07. The number of imidazole rings is 1. The van der Waals surface area contributed by atoms with Crippen LogP contribution in [0.4, 0.5) is 0 Å². The lowest BCUT2D eigenvalue weighted by molar-refractivity contribution is 0.790. The highest BCUT2D eigenvalue weighted by Crippen LogP contribution is 2.03. The molecule has 3 nitrogen and oxygen atoms in total. The zero-order valence-electron chi connectivity index (χ0n) is 8.31. The van der Waals surface area contributed by atoms with Gasteiger partial charge in [0, 0.05) is 18.2 Å². The van der Waals surface area contributed by atoms with Gasteiger partial charge < -0.3 is 10.3 Å². The monoisotopic (exact) mass is 177 g/mol. The van der Waals surface area contributed by atoms with Crippen molar-refractivity contribution in [2.24, 2.45) is 0 Å². The van der Waals surface area contributed by atoms with Gasteiger partial charge in [-0.25, -0.2) is 4.98 Å². The summed E-state index contributed by atoms with van der Waals surface area (Å²) in [7, 11) is 0. The topological polar surface area (TPSA) is 40.7 Å². The SMILES string of the molecule is CC1=c2nc(C(C)C)[nH]c2=CCN1. The molecule has 3 heteroatoms. The van der Waals surface area contributed by atoms with E-state index in [4.69, 9.17) is 0 Å². The molecule has 0 fully saturated rings. The molecule has 70 valence electrons. The molecule has 2 N–H and O–H groups in total. The van der Waals surface area contributed by atoms with E-state index in [2.05, 4.69) is 42.1 Å². The van der Waals surface area contributed by atoms with Crippen LogP contribution >= 0.6 is 0 Å². The molecule has 0 aromatic carbocycles. The highest BCUT2D eigenvalue weighted by molar-refractivity contribution is 5.44. The summed E-state index contributed by atoms with van der Waals surface area (Å²) in [6, 6.07) is 0. The molecule has 0 spiro atoms. The Bertz CT molecular complexity index is 426. The van der Waals surface area contributed by atoms with Crippen LogP contribution in [0.1, 0.15) is 32.5 Å². The van der Waals surface area contributed by atoms with Gasteiger partial charge in [0.2, 0.25) is 0 Å². The summed E-state index contributed by atoms with van der Waals surface area (Å²) in [6.45, 7) is 7.26. The second kappa shape index (κ2) is 2.91. The van der Waals surface area contributed by atoms with E-state index in [1.165, 1.54) is 11.0 Å². The fourth-order valence-electron chi connectivity index (χ4n) is 1.50. The summed E-state index contributed by atoms with van der Waals surface area (Å²) in [5.74, 6) is 1.54. The minimum Gasteiger partial charge on any atom is -0.383 e. The van der Waals surface area contributed by atoms with Crippen molar-refractivity contribution < 1.29 is 0 Å². The summed E-state index contributed by atoms with van der Waals surface area (Å²) in [5, 5.41) is 5.51. The molecule has 0 aliphatic carbocycles. The lowest BCUT2D eigenvalue weighted by Gasteiger charge is -2.04. The third-order valence-electron chi connectivity index (χ3n) is 2.33. The molecule has 0 bridgehead atoms. The van der Waals surface area contributed by atoms with E-state index >= 15 is 0 Å². The first kappa shape index (κ1) is 8.35. The summed E-state index contributed by atoms with van der Waals surface area (Å²) < 4.78 is 0. The van der Waals surface area contributed by atoms with Crippen molar-refractivity contribution in [3.05, 3.63) is 16.5 Å². The summed E-state index contributed by atoms with van der Waals surface area (Å²) in [4.78, 5) is 7.88. The van der Waals surface area contributed by atoms with Crippen LogP contribution in [-0.4, -0.2) is 16.5 Å². The number of hydrogen-bond acceptors (Lipinski definition) is 2. The van der Waals surface area contributed by atoms with E-state index in [0.717, 1.165) is 17.7 Å². The molecule has 2 heterocycles. The van der Waals surface area contributed by atoms with Gasteiger partial charge in [0.1, 0.15) is 11.2 Å². The van der Waals surface area contributed by atoms with Gasteiger partial charge in [-0.05, 0) is 13.0 Å². The molecule has 0 unspecified atom stereocenters. The molecular weight excluding hydrogens is 162 g/mol. The number of nitrogens with zero attached hydrogens (tertiary/aromatic N) is 1. The van der Waals surface area contributed by atoms with Crippen molar-refractivity contribution in [1.29, 1.82) is 0 Å². The smallest absolute Gasteiger partial charge is 0.109 e. The zero-order valence-corrected chi connectivity index (χ0v) is 8.31. The minimum atomic E-state index is 0.465. The number of aromatic amines is 1. The standard InChI is InChI=1S/C10H15N3/c1-6(2)10-12-8-4-5-11-7(3)9(8)13-10/h4,6,11H,5H2,1-3H3,(H,12,13). The highest BCUT2D eigenvalue weighted by atomic mass is 15.0. The molecule has 0 saturated carbocycles. The van der Waals surface area contributed by atoms with E-state index in [-0.39, 0.29) is 0 Å². The molecule has 2 rings (SSSR count). The van der Waals surface area contributed by atoms with Crippen LogP contribution < -0.4 is 16.0 Å². The first-order valence-electron chi connectivity index (χ1n) is 4.69. The first-order valence-corrected chi connectivity index (χ1v) is 4.69. The van der Waals surface area contributed by atoms with Crippen LogP contribution in [0.5, 0.6) is 0 Å². The fourth-order valence-corrected chi connectivity index (χ4v) is 1.50. The van der Waals surface area contributed by atoms with Gasteiger partial charge in [-0.2, -0.15) is 0 Å². The van der Waals surface area contributed by atoms with Gasteiger partial charge in [-0.1, -0.05) is 13.8 Å². The molecule has 13 heavy (non-hydrogen) atoms. The molecule has 1 aliphatic heterocycles. The van der Waals surface area contributed by atoms with Crippen LogP contribution in [-0.2, 0) is 0 Å². The third kappa shape index (κ3) is 1.34. The van der Waals surface area contributed by atoms with Crippen molar-refractivity contribution in [3.8, 4) is 0 Å². The van der Waals surface area contributed by atoms with E-state index < -0.39 is 0 Å². The molecule has 0 radical (unpaired) electrons. The number of fused-ring (bicyclic) bond motifs is 1. The molecule has 0 atom stereocenters. The Kier molecular flexibility index (Phi) is 1.87. The molecule has 1 aliphatic rings. The maximum Gasteiger partial charge on any atom is 0.109 e. The van der Waals surface area contributed by atoms with Gasteiger partial charge in [-0.3, -0.25) is 0 Å². The Morgan fingerprint density at radius 2 is 2.23 bits per heavy atom. The fraction of sp³-hybridized carbons (Fsp3) is 0.500.